The molecule has 0 heterocycles. The Bertz CT molecular complexity index is 671. The minimum atomic E-state index is -1.09. The van der Waals surface area contributed by atoms with Gasteiger partial charge in [-0.3, -0.25) is 10.1 Å². The van der Waals surface area contributed by atoms with E-state index < -0.39 is 22.2 Å². The summed E-state index contributed by atoms with van der Waals surface area (Å²) in [5.41, 5.74) is -0.595. The average Bonchev–Trinajstić information content (AvgIpc) is 2.42. The molecule has 0 unspecified atom stereocenters. The predicted molar refractivity (Wildman–Crippen MR) is 75.9 cm³/mol. The zero-order valence-corrected chi connectivity index (χ0v) is 11.5. The van der Waals surface area contributed by atoms with Crippen LogP contribution in [0, 0.1) is 15.9 Å². The van der Waals surface area contributed by atoms with Crippen LogP contribution < -0.4 is 4.74 Å². The Morgan fingerprint density at radius 1 is 1.29 bits per heavy atom. The Balaban J connectivity index is 2.71. The van der Waals surface area contributed by atoms with Gasteiger partial charge in [0.05, 0.1) is 11.0 Å². The highest BCUT2D eigenvalue weighted by molar-refractivity contribution is 5.81. The molecule has 0 bridgehead atoms. The van der Waals surface area contributed by atoms with Gasteiger partial charge in [-0.25, -0.2) is 0 Å². The third-order valence-corrected chi connectivity index (χ3v) is 2.79. The lowest BCUT2D eigenvalue weighted by Crippen LogP contribution is -2.08. The fourth-order valence-electron chi connectivity index (χ4n) is 2.01. The Morgan fingerprint density at radius 3 is 2.43 bits per heavy atom. The fraction of sp³-hybridized carbons (Fsp3) is 0.200. The number of nitro groups is 1. The number of nitrogens with zero attached hydrogens (tertiary/aromatic N) is 1. The predicted octanol–water partition coefficient (Wildman–Crippen LogP) is 3.89. The van der Waals surface area contributed by atoms with Crippen LogP contribution in [0.15, 0.2) is 36.4 Å². The maximum atomic E-state index is 14.3. The summed E-state index contributed by atoms with van der Waals surface area (Å²) in [6.45, 7) is 3.32. The van der Waals surface area contributed by atoms with Gasteiger partial charge in [0.15, 0.2) is 5.75 Å². The molecule has 0 saturated heterocycles. The lowest BCUT2D eigenvalue weighted by molar-refractivity contribution is -0.387. The van der Waals surface area contributed by atoms with Crippen molar-refractivity contribution in [3.05, 3.63) is 52.3 Å². The lowest BCUT2D eigenvalue weighted by Gasteiger charge is -2.13. The van der Waals surface area contributed by atoms with Crippen LogP contribution in [0.5, 0.6) is 11.5 Å². The van der Waals surface area contributed by atoms with Crippen LogP contribution in [-0.2, 0) is 0 Å². The molecule has 0 aliphatic rings. The highest BCUT2D eigenvalue weighted by Crippen LogP contribution is 2.43. The van der Waals surface area contributed by atoms with Crippen molar-refractivity contribution in [2.75, 3.05) is 0 Å². The molecule has 6 heteroatoms. The van der Waals surface area contributed by atoms with Gasteiger partial charge in [-0.15, -0.1) is 0 Å². The normalized spacial score (nSPS) is 10.7. The lowest BCUT2D eigenvalue weighted by atomic mass is 10.0. The average molecular weight is 291 g/mol. The van der Waals surface area contributed by atoms with E-state index in [1.54, 1.807) is 44.2 Å². The van der Waals surface area contributed by atoms with Gasteiger partial charge in [0.2, 0.25) is 5.82 Å². The highest BCUT2D eigenvalue weighted by Gasteiger charge is 2.29. The highest BCUT2D eigenvalue weighted by atomic mass is 19.1. The smallest absolute Gasteiger partial charge is 0.320 e. The molecule has 5 nitrogen and oxygen atoms in total. The molecule has 0 atom stereocenters. The molecule has 0 radical (unpaired) electrons. The number of phenols is 1. The maximum Gasteiger partial charge on any atom is 0.320 e. The number of aromatic hydroxyl groups is 1. The number of phenolic OH excluding ortho intramolecular Hbond substituents is 1. The van der Waals surface area contributed by atoms with Crippen LogP contribution in [0.3, 0.4) is 0 Å². The minimum absolute atomic E-state index is 0.158. The van der Waals surface area contributed by atoms with E-state index in [4.69, 9.17) is 4.74 Å². The van der Waals surface area contributed by atoms with Crippen molar-refractivity contribution >= 4 is 5.69 Å². The summed E-state index contributed by atoms with van der Waals surface area (Å²) in [6.07, 6.45) is -0.374. The summed E-state index contributed by atoms with van der Waals surface area (Å²) < 4.78 is 19.5. The zero-order valence-electron chi connectivity index (χ0n) is 11.5. The molecule has 0 fully saturated rings. The Kier molecular flexibility index (Phi) is 4.07. The fourth-order valence-corrected chi connectivity index (χ4v) is 2.01. The van der Waals surface area contributed by atoms with E-state index in [0.29, 0.717) is 5.56 Å². The molecule has 0 aromatic heterocycles. The minimum Gasteiger partial charge on any atom is -0.507 e. The molecule has 0 aliphatic heterocycles. The first-order chi connectivity index (χ1) is 9.91. The molecule has 21 heavy (non-hydrogen) atoms. The second kappa shape index (κ2) is 5.78. The maximum absolute atomic E-state index is 14.3. The first-order valence-electron chi connectivity index (χ1n) is 6.33. The Morgan fingerprint density at radius 2 is 1.90 bits per heavy atom. The standard InChI is InChI=1S/C15H14FNO4/c1-9(2)21-12-8-11(18)13(10-6-4-3-5-7-10)15(14(12)16)17(19)20/h3-9,18H,1-2H3. The van der Waals surface area contributed by atoms with Gasteiger partial charge in [0, 0.05) is 6.07 Å². The van der Waals surface area contributed by atoms with Crippen LogP contribution >= 0.6 is 0 Å². The van der Waals surface area contributed by atoms with E-state index in [0.717, 1.165) is 6.07 Å². The topological polar surface area (TPSA) is 72.6 Å². The Labute approximate surface area is 120 Å². The number of halogens is 1. The Hall–Kier alpha value is -2.63. The third kappa shape index (κ3) is 2.94. The molecule has 0 spiro atoms. The summed E-state index contributed by atoms with van der Waals surface area (Å²) in [6, 6.07) is 9.20. The molecule has 110 valence electrons. The summed E-state index contributed by atoms with van der Waals surface area (Å²) in [7, 11) is 0. The van der Waals surface area contributed by atoms with Crippen LogP contribution in [-0.4, -0.2) is 16.1 Å². The van der Waals surface area contributed by atoms with Gasteiger partial charge < -0.3 is 9.84 Å². The molecule has 2 aromatic carbocycles. The van der Waals surface area contributed by atoms with Crippen molar-refractivity contribution < 1.29 is 19.2 Å². The van der Waals surface area contributed by atoms with E-state index in [9.17, 15) is 19.6 Å². The van der Waals surface area contributed by atoms with Gasteiger partial charge in [0.1, 0.15) is 11.3 Å². The van der Waals surface area contributed by atoms with Crippen molar-refractivity contribution in [3.8, 4) is 22.6 Å². The van der Waals surface area contributed by atoms with Gasteiger partial charge in [-0.1, -0.05) is 30.3 Å². The van der Waals surface area contributed by atoms with Crippen LogP contribution in [0.1, 0.15) is 13.8 Å². The van der Waals surface area contributed by atoms with Crippen molar-refractivity contribution in [2.45, 2.75) is 20.0 Å². The zero-order chi connectivity index (χ0) is 15.6. The van der Waals surface area contributed by atoms with Crippen LogP contribution in [0.25, 0.3) is 11.1 Å². The number of benzene rings is 2. The van der Waals surface area contributed by atoms with Gasteiger partial charge in [0.25, 0.3) is 0 Å². The summed E-state index contributed by atoms with van der Waals surface area (Å²) >= 11 is 0. The first kappa shape index (κ1) is 14.8. The van der Waals surface area contributed by atoms with Gasteiger partial charge >= 0.3 is 5.69 Å². The molecule has 1 N–H and O–H groups in total. The molecule has 0 saturated carbocycles. The number of nitro benzene ring substituents is 1. The van der Waals surface area contributed by atoms with Crippen LogP contribution in [0.2, 0.25) is 0 Å². The van der Waals surface area contributed by atoms with E-state index in [2.05, 4.69) is 0 Å². The van der Waals surface area contributed by atoms with Crippen molar-refractivity contribution in [1.29, 1.82) is 0 Å². The van der Waals surface area contributed by atoms with E-state index >= 15 is 0 Å². The number of ether oxygens (including phenoxy) is 1. The second-order valence-corrected chi connectivity index (χ2v) is 4.72. The third-order valence-electron chi connectivity index (χ3n) is 2.79. The van der Waals surface area contributed by atoms with Crippen molar-refractivity contribution in [3.63, 3.8) is 0 Å². The number of rotatable bonds is 4. The number of hydrogen-bond donors (Lipinski definition) is 1. The molecule has 2 aromatic rings. The first-order valence-corrected chi connectivity index (χ1v) is 6.33. The molecular formula is C15H14FNO4. The summed E-state index contributed by atoms with van der Waals surface area (Å²) in [5.74, 6) is -1.83. The SMILES string of the molecule is CC(C)Oc1cc(O)c(-c2ccccc2)c([N+](=O)[O-])c1F. The van der Waals surface area contributed by atoms with E-state index in [1.165, 1.54) is 0 Å². The largest absolute Gasteiger partial charge is 0.507 e. The van der Waals surface area contributed by atoms with Gasteiger partial charge in [-0.2, -0.15) is 4.39 Å². The molecule has 0 amide bonds. The molecular weight excluding hydrogens is 277 g/mol. The molecule has 2 rings (SSSR count). The van der Waals surface area contributed by atoms with Crippen molar-refractivity contribution in [1.82, 2.24) is 0 Å². The van der Waals surface area contributed by atoms with Gasteiger partial charge in [-0.05, 0) is 19.4 Å². The quantitative estimate of drug-likeness (QED) is 0.685. The number of hydrogen-bond acceptors (Lipinski definition) is 4. The van der Waals surface area contributed by atoms with Crippen LogP contribution in [0.4, 0.5) is 10.1 Å². The molecule has 0 aliphatic carbocycles. The summed E-state index contributed by atoms with van der Waals surface area (Å²) in [4.78, 5) is 10.3. The van der Waals surface area contributed by atoms with E-state index in [-0.39, 0.29) is 17.4 Å². The monoisotopic (exact) mass is 291 g/mol. The van der Waals surface area contributed by atoms with E-state index in [1.807, 2.05) is 0 Å². The van der Waals surface area contributed by atoms with Crippen molar-refractivity contribution in [2.24, 2.45) is 0 Å². The summed E-state index contributed by atoms with van der Waals surface area (Å²) in [5, 5.41) is 21.3. The second-order valence-electron chi connectivity index (χ2n) is 4.72.